The maximum absolute atomic E-state index is 13.3. The summed E-state index contributed by atoms with van der Waals surface area (Å²) in [6.45, 7) is 0. The van der Waals surface area contributed by atoms with Crippen LogP contribution in [0.1, 0.15) is 24.3 Å². The van der Waals surface area contributed by atoms with Crippen LogP contribution >= 0.6 is 0 Å². The van der Waals surface area contributed by atoms with Gasteiger partial charge < -0.3 is 0 Å². The lowest BCUT2D eigenvalue weighted by molar-refractivity contribution is 0.588. The highest BCUT2D eigenvalue weighted by atomic mass is 19.1. The maximum Gasteiger partial charge on any atom is 0.127 e. The van der Waals surface area contributed by atoms with Crippen molar-refractivity contribution in [2.24, 2.45) is 5.92 Å². The molecule has 0 N–H and O–H groups in total. The monoisotopic (exact) mass is 175 g/mol. The summed E-state index contributed by atoms with van der Waals surface area (Å²) < 4.78 is 13.3. The van der Waals surface area contributed by atoms with Gasteiger partial charge in [-0.3, -0.25) is 0 Å². The van der Waals surface area contributed by atoms with E-state index in [2.05, 4.69) is 6.07 Å². The van der Waals surface area contributed by atoms with Gasteiger partial charge in [-0.05, 0) is 24.8 Å². The van der Waals surface area contributed by atoms with Gasteiger partial charge in [-0.15, -0.1) is 0 Å². The molecule has 1 fully saturated rings. The summed E-state index contributed by atoms with van der Waals surface area (Å²) in [7, 11) is 0. The molecule has 0 spiro atoms. The number of nitriles is 1. The molecule has 1 aliphatic carbocycles. The molecule has 0 heterocycles. The van der Waals surface area contributed by atoms with Crippen LogP contribution in [0.5, 0.6) is 0 Å². The fraction of sp³-hybridized carbons (Fsp3) is 0.364. The molecule has 0 bridgehead atoms. The van der Waals surface area contributed by atoms with Crippen LogP contribution in [0, 0.1) is 23.1 Å². The van der Waals surface area contributed by atoms with Crippen molar-refractivity contribution < 1.29 is 4.39 Å². The minimum Gasteiger partial charge on any atom is -0.207 e. The molecule has 1 unspecified atom stereocenters. The Morgan fingerprint density at radius 3 is 2.62 bits per heavy atom. The van der Waals surface area contributed by atoms with E-state index in [4.69, 9.17) is 5.26 Å². The van der Waals surface area contributed by atoms with Gasteiger partial charge in [0.25, 0.3) is 0 Å². The Bertz CT molecular complexity index is 349. The lowest BCUT2D eigenvalue weighted by Crippen LogP contribution is -2.00. The van der Waals surface area contributed by atoms with Gasteiger partial charge in [0.2, 0.25) is 0 Å². The third-order valence-corrected chi connectivity index (χ3v) is 2.47. The van der Waals surface area contributed by atoms with E-state index in [1.165, 1.54) is 6.07 Å². The van der Waals surface area contributed by atoms with Gasteiger partial charge in [-0.25, -0.2) is 4.39 Å². The van der Waals surface area contributed by atoms with Gasteiger partial charge in [0.05, 0.1) is 12.0 Å². The van der Waals surface area contributed by atoms with E-state index in [0.29, 0.717) is 11.5 Å². The van der Waals surface area contributed by atoms with Crippen molar-refractivity contribution >= 4 is 0 Å². The number of hydrogen-bond acceptors (Lipinski definition) is 1. The van der Waals surface area contributed by atoms with Crippen molar-refractivity contribution in [3.8, 4) is 6.07 Å². The highest BCUT2D eigenvalue weighted by Crippen LogP contribution is 2.42. The summed E-state index contributed by atoms with van der Waals surface area (Å²) in [6, 6.07) is 8.75. The average Bonchev–Trinajstić information content (AvgIpc) is 2.93. The fourth-order valence-corrected chi connectivity index (χ4v) is 1.59. The van der Waals surface area contributed by atoms with Crippen LogP contribution in [0.15, 0.2) is 24.3 Å². The highest BCUT2D eigenvalue weighted by Gasteiger charge is 2.33. The molecule has 2 heteroatoms. The molecule has 0 amide bonds. The Morgan fingerprint density at radius 2 is 2.08 bits per heavy atom. The summed E-state index contributed by atoms with van der Waals surface area (Å²) in [6.07, 6.45) is 2.12. The highest BCUT2D eigenvalue weighted by molar-refractivity contribution is 5.28. The zero-order valence-electron chi connectivity index (χ0n) is 7.20. The van der Waals surface area contributed by atoms with Crippen LogP contribution in [-0.2, 0) is 0 Å². The number of benzene rings is 1. The lowest BCUT2D eigenvalue weighted by atomic mass is 9.95. The van der Waals surface area contributed by atoms with Gasteiger partial charge in [-0.1, -0.05) is 18.2 Å². The zero-order chi connectivity index (χ0) is 9.26. The van der Waals surface area contributed by atoms with E-state index in [0.717, 1.165) is 12.8 Å². The Balaban J connectivity index is 2.33. The number of rotatable bonds is 2. The molecule has 0 aromatic heterocycles. The smallest absolute Gasteiger partial charge is 0.127 e. The van der Waals surface area contributed by atoms with Crippen LogP contribution in [-0.4, -0.2) is 0 Å². The summed E-state index contributed by atoms with van der Waals surface area (Å²) in [5.41, 5.74) is 0.563. The third kappa shape index (κ3) is 1.55. The minimum atomic E-state index is -0.249. The van der Waals surface area contributed by atoms with Crippen molar-refractivity contribution in [1.82, 2.24) is 0 Å². The van der Waals surface area contributed by atoms with Gasteiger partial charge >= 0.3 is 0 Å². The Hall–Kier alpha value is -1.36. The first-order chi connectivity index (χ1) is 6.33. The molecule has 0 radical (unpaired) electrons. The van der Waals surface area contributed by atoms with Crippen molar-refractivity contribution in [2.75, 3.05) is 0 Å². The fourth-order valence-electron chi connectivity index (χ4n) is 1.59. The van der Waals surface area contributed by atoms with Crippen LogP contribution < -0.4 is 0 Å². The first kappa shape index (κ1) is 8.25. The minimum absolute atomic E-state index is 0.235. The molecular weight excluding hydrogens is 165 g/mol. The molecule has 0 saturated heterocycles. The van der Waals surface area contributed by atoms with Crippen molar-refractivity contribution in [3.63, 3.8) is 0 Å². The van der Waals surface area contributed by atoms with Crippen LogP contribution in [0.4, 0.5) is 4.39 Å². The molecule has 1 nitrogen and oxygen atoms in total. The quantitative estimate of drug-likeness (QED) is 0.678. The lowest BCUT2D eigenvalue weighted by Gasteiger charge is -2.07. The van der Waals surface area contributed by atoms with Crippen LogP contribution in [0.2, 0.25) is 0 Å². The molecule has 2 rings (SSSR count). The number of nitrogens with zero attached hydrogens (tertiary/aromatic N) is 1. The second-order valence-electron chi connectivity index (χ2n) is 3.47. The number of hydrogen-bond donors (Lipinski definition) is 0. The largest absolute Gasteiger partial charge is 0.207 e. The number of halogens is 1. The van der Waals surface area contributed by atoms with E-state index < -0.39 is 0 Å². The predicted octanol–water partition coefficient (Wildman–Crippen LogP) is 2.84. The van der Waals surface area contributed by atoms with Crippen LogP contribution in [0.3, 0.4) is 0 Å². The van der Waals surface area contributed by atoms with E-state index in [1.54, 1.807) is 18.2 Å². The van der Waals surface area contributed by atoms with Crippen molar-refractivity contribution in [3.05, 3.63) is 35.6 Å². The molecular formula is C11H10FN. The molecule has 1 aliphatic rings. The zero-order valence-corrected chi connectivity index (χ0v) is 7.20. The first-order valence-electron chi connectivity index (χ1n) is 4.47. The second-order valence-corrected chi connectivity index (χ2v) is 3.47. The molecule has 13 heavy (non-hydrogen) atoms. The topological polar surface area (TPSA) is 23.8 Å². The Morgan fingerprint density at radius 1 is 1.38 bits per heavy atom. The SMILES string of the molecule is N#CC(c1ccccc1F)C1CC1. The van der Waals surface area contributed by atoms with Crippen molar-refractivity contribution in [1.29, 1.82) is 5.26 Å². The van der Waals surface area contributed by atoms with E-state index in [1.807, 2.05) is 0 Å². The second kappa shape index (κ2) is 3.18. The summed E-state index contributed by atoms with van der Waals surface area (Å²) in [5, 5.41) is 8.90. The molecule has 1 aromatic carbocycles. The van der Waals surface area contributed by atoms with Crippen LogP contribution in [0.25, 0.3) is 0 Å². The molecule has 0 aliphatic heterocycles. The van der Waals surface area contributed by atoms with Gasteiger partial charge in [-0.2, -0.15) is 5.26 Å². The van der Waals surface area contributed by atoms with Gasteiger partial charge in [0, 0.05) is 5.56 Å². The molecule has 1 atom stereocenters. The predicted molar refractivity (Wildman–Crippen MR) is 47.5 cm³/mol. The van der Waals surface area contributed by atoms with E-state index in [-0.39, 0.29) is 11.7 Å². The summed E-state index contributed by atoms with van der Waals surface area (Å²) in [5.74, 6) is -0.0935. The Labute approximate surface area is 76.8 Å². The molecule has 66 valence electrons. The maximum atomic E-state index is 13.3. The third-order valence-electron chi connectivity index (χ3n) is 2.47. The molecule has 1 saturated carbocycles. The van der Waals surface area contributed by atoms with Gasteiger partial charge in [0.15, 0.2) is 0 Å². The van der Waals surface area contributed by atoms with Gasteiger partial charge in [0.1, 0.15) is 5.82 Å². The van der Waals surface area contributed by atoms with E-state index >= 15 is 0 Å². The average molecular weight is 175 g/mol. The van der Waals surface area contributed by atoms with E-state index in [9.17, 15) is 4.39 Å². The summed E-state index contributed by atoms with van der Waals surface area (Å²) >= 11 is 0. The standard InChI is InChI=1S/C11H10FN/c12-11-4-2-1-3-9(11)10(7-13)8-5-6-8/h1-4,8,10H,5-6H2. The first-order valence-corrected chi connectivity index (χ1v) is 4.47. The molecule has 1 aromatic rings. The summed E-state index contributed by atoms with van der Waals surface area (Å²) in [4.78, 5) is 0. The Kier molecular flexibility index (Phi) is 2.02. The normalized spacial score (nSPS) is 17.8. The van der Waals surface area contributed by atoms with Crippen molar-refractivity contribution in [2.45, 2.75) is 18.8 Å².